The molecule has 7 fully saturated rings. The lowest BCUT2D eigenvalue weighted by Gasteiger charge is -2.46. The first kappa shape index (κ1) is 112. The van der Waals surface area contributed by atoms with Crippen molar-refractivity contribution in [2.45, 2.75) is 127 Å². The molecule has 0 aromatic carbocycles. The standard InChI is InChI=1S/C81H136N39O22P7/c1-20-143(122,102(6)7)129-35-57-26-112(31-62(139-57)117-47-96-67-72(83)88-43-92-76(67)117)147(126,106(14)15)132-38-56-25-110(21-52(4)137-56)144(123,103(8)9)131-37-55-24-111(22-53(5)136-55)145(124,104(10)11)133-39-58-27-113(32-63(140-58)118-48-97-68-73(84)89-44-93-77(68)118)148(127,107(16)17)134-40-59-28-114(33-64(141-59)119-49-98-69-74(85)90-45-94-78(69)119)149(128,108(18)19)135-41-60-29-115(34-65(142-60)120-50-99-70-79(120)100-81(86)101-80(70)121)146(125,105(12)13)130-36-54-23-109(51(2)3)30-61(138-54)116-46-95-66-71(82)87-42-91-75(66)116/h42-65H,20-41H2,1-19H3,(H2,82,87,91)(H2,83,88,92)(H2,84,89,93)(H2,85,90,94)(H3,86,100,101,121)/t52-,53-,54-,55-,56-,57-,58-,59-,60-,61+,62+,63+,64+,65+,143?,144?,145?,146?,147?,148?,149?/m0/s1. The molecule has 17 rings (SSSR count). The Morgan fingerprint density at radius 2 is 0.564 bits per heavy atom. The second-order valence-corrected chi connectivity index (χ2v) is 57.6. The quantitative estimate of drug-likeness (QED) is 0.0296. The van der Waals surface area contributed by atoms with Gasteiger partial charge in [0.05, 0.1) is 159 Å². The van der Waals surface area contributed by atoms with Crippen LogP contribution in [0.5, 0.6) is 0 Å². The van der Waals surface area contributed by atoms with Gasteiger partial charge >= 0.3 is 46.0 Å². The van der Waals surface area contributed by atoms with Crippen LogP contribution in [0.4, 0.5) is 29.2 Å². The summed E-state index contributed by atoms with van der Waals surface area (Å²) in [6.45, 7) is 7.38. The SMILES string of the molecule is CCP(=O)(OC[C@@H]1CN(P(=O)(OC[C@@H]2CN(P(=O)(OC[C@@H]3CN(P(=O)(OC[C@@H]4CN(P(=O)(OC[C@@H]5CN(P(=O)(OC[C@@H]6CN(P(=O)(OC[C@@H]7CN(C(C)C)C[C@H](n8cnc9c(N)ncnc98)O7)N(C)C)C[C@H](n7cnc8c(=O)[nH]c(N)nc87)O6)N(C)C)C[C@H](n6cnc7c(N)ncnc76)O5)N(C)C)C[C@H](n5cnc6c(N)ncnc65)O4)N(C)C)C[C@H](C)O3)N(C)C)C[C@H](C)O2)N(C)C)C[C@H](n2cnc3c(N)ncnc32)O1)N(C)C. The maximum atomic E-state index is 16.7. The molecule has 17 heterocycles. The highest BCUT2D eigenvalue weighted by molar-refractivity contribution is 7.56. The molecule has 10 aromatic rings. The molecular weight excluding hydrogens is 2090 g/mol. The van der Waals surface area contributed by atoms with Crippen molar-refractivity contribution >= 4 is 139 Å². The average molecular weight is 2230 g/mol. The monoisotopic (exact) mass is 2220 g/mol. The molecule has 21 atom stereocenters. The van der Waals surface area contributed by atoms with E-state index < -0.39 is 165 Å². The molecule has 0 saturated carbocycles. The first-order valence-electron chi connectivity index (χ1n) is 48.4. The fraction of sp³-hybridized carbons (Fsp3) is 0.691. The van der Waals surface area contributed by atoms with Crippen LogP contribution in [-0.2, 0) is 96.8 Å². The number of rotatable bonds is 41. The van der Waals surface area contributed by atoms with Crippen molar-refractivity contribution in [1.82, 2.24) is 163 Å². The van der Waals surface area contributed by atoms with Crippen molar-refractivity contribution in [1.29, 1.82) is 0 Å². The van der Waals surface area contributed by atoms with Crippen molar-refractivity contribution in [2.24, 2.45) is 0 Å². The summed E-state index contributed by atoms with van der Waals surface area (Å²) < 4.78 is 233. The van der Waals surface area contributed by atoms with E-state index in [0.717, 1.165) is 0 Å². The van der Waals surface area contributed by atoms with Gasteiger partial charge in [0, 0.05) is 77.7 Å². The molecule has 68 heteroatoms. The summed E-state index contributed by atoms with van der Waals surface area (Å²) in [5.74, 6) is 0.285. The topological polar surface area (TPSA) is 662 Å². The largest absolute Gasteiger partial charge is 0.382 e. The van der Waals surface area contributed by atoms with E-state index in [-0.39, 0.29) is 180 Å². The van der Waals surface area contributed by atoms with Gasteiger partial charge in [-0.15, -0.1) is 0 Å². The van der Waals surface area contributed by atoms with E-state index in [2.05, 4.69) is 93.5 Å². The highest BCUT2D eigenvalue weighted by atomic mass is 31.2. The van der Waals surface area contributed by atoms with E-state index in [0.29, 0.717) is 35.4 Å². The Labute approximate surface area is 859 Å². The number of fused-ring (bicyclic) bond motifs is 5. The third kappa shape index (κ3) is 23.1. The van der Waals surface area contributed by atoms with Crippen LogP contribution in [0.15, 0.2) is 61.7 Å². The van der Waals surface area contributed by atoms with E-state index in [4.69, 9.17) is 93.5 Å². The zero-order valence-electron chi connectivity index (χ0n) is 86.7. The Hall–Kier alpha value is -7.96. The van der Waals surface area contributed by atoms with Gasteiger partial charge in [0.1, 0.15) is 78.5 Å². The normalized spacial score (nSPS) is 27.6. The van der Waals surface area contributed by atoms with E-state index in [1.54, 1.807) is 163 Å². The number of ether oxygens (including phenoxy) is 7. The van der Waals surface area contributed by atoms with Crippen molar-refractivity contribution in [3.63, 3.8) is 0 Å². The molecule has 0 radical (unpaired) electrons. The highest BCUT2D eigenvalue weighted by Crippen LogP contribution is 2.63. The van der Waals surface area contributed by atoms with Crippen molar-refractivity contribution in [2.75, 3.05) is 271 Å². The lowest BCUT2D eigenvalue weighted by Crippen LogP contribution is -2.51. The lowest BCUT2D eigenvalue weighted by molar-refractivity contribution is -0.140. The zero-order chi connectivity index (χ0) is 107. The van der Waals surface area contributed by atoms with Gasteiger partial charge in [-0.05, 0) is 126 Å². The molecule has 11 N–H and O–H groups in total. The summed E-state index contributed by atoms with van der Waals surface area (Å²) in [4.78, 5) is 79.7. The Balaban J connectivity index is 0.596. The highest BCUT2D eigenvalue weighted by Gasteiger charge is 2.54. The summed E-state index contributed by atoms with van der Waals surface area (Å²) >= 11 is 0. The summed E-state index contributed by atoms with van der Waals surface area (Å²) in [6, 6.07) is 0.0366. The number of nitrogens with one attached hydrogen (secondary N) is 1. The molecule has 0 bridgehead atoms. The summed E-state index contributed by atoms with van der Waals surface area (Å²) in [6.07, 6.45) is 0.367. The molecule has 61 nitrogen and oxygen atoms in total. The molecule has 822 valence electrons. The number of morpholine rings is 7. The van der Waals surface area contributed by atoms with Crippen LogP contribution >= 0.6 is 53.5 Å². The van der Waals surface area contributed by atoms with Crippen LogP contribution in [0.1, 0.15) is 65.8 Å². The number of anilines is 5. The number of nitrogens with two attached hydrogens (primary N) is 5. The predicted octanol–water partition coefficient (Wildman–Crippen LogP) is 3.88. The minimum Gasteiger partial charge on any atom is -0.382 e. The van der Waals surface area contributed by atoms with Crippen molar-refractivity contribution < 1.29 is 96.8 Å². The van der Waals surface area contributed by atoms with Gasteiger partial charge in [-0.1, -0.05) is 6.92 Å². The Kier molecular flexibility index (Phi) is 34.2. The summed E-state index contributed by atoms with van der Waals surface area (Å²) in [7, 11) is -5.82. The average Bonchev–Trinajstić information content (AvgIpc) is 1.75. The van der Waals surface area contributed by atoms with Crippen molar-refractivity contribution in [3.8, 4) is 0 Å². The summed E-state index contributed by atoms with van der Waals surface area (Å²) in [5.41, 5.74) is 33.4. The second-order valence-electron chi connectivity index (χ2n) is 39.0. The number of hydrogen-bond acceptors (Lipinski definition) is 42. The fourth-order valence-electron chi connectivity index (χ4n) is 19.1. The second kappa shape index (κ2) is 45.5. The van der Waals surface area contributed by atoms with E-state index in [9.17, 15) is 9.36 Å². The van der Waals surface area contributed by atoms with E-state index in [1.165, 1.54) is 83.2 Å². The Bertz CT molecular complexity index is 6820. The first-order chi connectivity index (χ1) is 70.6. The maximum absolute atomic E-state index is 16.7. The molecule has 0 amide bonds. The van der Waals surface area contributed by atoms with Gasteiger partial charge in [0.25, 0.3) is 13.1 Å². The molecule has 10 aromatic heterocycles. The van der Waals surface area contributed by atoms with Gasteiger partial charge in [-0.2, -0.15) is 4.98 Å². The van der Waals surface area contributed by atoms with Crippen LogP contribution in [0, 0.1) is 0 Å². The minimum absolute atomic E-state index is 0.00102. The Morgan fingerprint density at radius 3 is 0.826 bits per heavy atom. The van der Waals surface area contributed by atoms with Gasteiger partial charge < -0.3 is 93.5 Å². The molecular formula is C81H136N39O22P7. The van der Waals surface area contributed by atoms with Crippen molar-refractivity contribution in [3.05, 3.63) is 67.3 Å². The van der Waals surface area contributed by atoms with Crippen LogP contribution < -0.4 is 34.2 Å². The van der Waals surface area contributed by atoms with Crippen LogP contribution in [-0.4, -0.2) is 467 Å². The number of imidazole rings is 5. The number of H-pyrrole nitrogens is 1. The van der Waals surface area contributed by atoms with Crippen LogP contribution in [0.3, 0.4) is 0 Å². The third-order valence-electron chi connectivity index (χ3n) is 26.8. The van der Waals surface area contributed by atoms with Gasteiger partial charge in [-0.3, -0.25) is 69.5 Å². The maximum Gasteiger partial charge on any atom is 0.345 e. The molecule has 7 aliphatic heterocycles. The van der Waals surface area contributed by atoms with Gasteiger partial charge in [-0.25, -0.2) is 126 Å². The Morgan fingerprint density at radius 1 is 0.322 bits per heavy atom. The van der Waals surface area contributed by atoms with Gasteiger partial charge in [0.2, 0.25) is 5.95 Å². The predicted molar refractivity (Wildman–Crippen MR) is 547 cm³/mol. The van der Waals surface area contributed by atoms with Gasteiger partial charge in [0.15, 0.2) is 57.0 Å². The molecule has 0 aliphatic carbocycles. The minimum atomic E-state index is -4.40. The smallest absolute Gasteiger partial charge is 0.345 e. The lowest BCUT2D eigenvalue weighted by atomic mass is 10.2. The first-order valence-corrected chi connectivity index (χ1v) is 59.3. The number of aromatic nitrogens is 20. The molecule has 0 spiro atoms. The molecule has 149 heavy (non-hydrogen) atoms. The molecule has 7 unspecified atom stereocenters. The third-order valence-corrected chi connectivity index (χ3v) is 44.6. The van der Waals surface area contributed by atoms with E-state index >= 15 is 27.4 Å². The fourth-order valence-corrected chi connectivity index (χ4v) is 32.6. The number of nitrogen functional groups attached to an aromatic ring is 5. The molecule has 7 saturated heterocycles. The number of aromatic amines is 1. The van der Waals surface area contributed by atoms with E-state index in [1.807, 2.05) is 13.8 Å². The zero-order valence-corrected chi connectivity index (χ0v) is 92.9. The summed E-state index contributed by atoms with van der Waals surface area (Å²) in [5, 5.41) is 0. The number of hydrogen-bond donors (Lipinski definition) is 6. The van der Waals surface area contributed by atoms with Crippen LogP contribution in [0.2, 0.25) is 0 Å². The number of nitrogens with zero attached hydrogens (tertiary/aromatic N) is 33. The van der Waals surface area contributed by atoms with Crippen LogP contribution in [0.25, 0.3) is 55.8 Å². The molecule has 7 aliphatic rings.